The highest BCUT2D eigenvalue weighted by atomic mass is 19.4. The lowest BCUT2D eigenvalue weighted by Gasteiger charge is -2.64. The lowest BCUT2D eigenvalue weighted by atomic mass is 9.39. The zero-order valence-corrected chi connectivity index (χ0v) is 23.7. The number of amides is 1. The zero-order chi connectivity index (χ0) is 28.2. The second-order valence-electron chi connectivity index (χ2n) is 14.7. The van der Waals surface area contributed by atoms with Gasteiger partial charge in [-0.3, -0.25) is 9.59 Å². The fourth-order valence-electron chi connectivity index (χ4n) is 10.3. The van der Waals surface area contributed by atoms with Crippen LogP contribution in [0.15, 0.2) is 22.4 Å². The number of rotatable bonds is 2. The van der Waals surface area contributed by atoms with Crippen LogP contribution in [0.5, 0.6) is 0 Å². The Bertz CT molecular complexity index is 1230. The molecule has 0 radical (unpaired) electrons. The van der Waals surface area contributed by atoms with Crippen molar-refractivity contribution in [2.75, 3.05) is 6.54 Å². The Morgan fingerprint density at radius 3 is 2.49 bits per heavy atom. The van der Waals surface area contributed by atoms with Crippen LogP contribution < -0.4 is 5.32 Å². The largest absolute Gasteiger partial charge is 0.405 e. The van der Waals surface area contributed by atoms with Crippen LogP contribution in [0, 0.1) is 45.3 Å². The van der Waals surface area contributed by atoms with Crippen LogP contribution in [0.4, 0.5) is 13.2 Å². The average molecular weight is 547 g/mol. The topological polar surface area (TPSA) is 72.2 Å². The number of fused-ring (bicyclic) bond motifs is 8. The number of carbonyl (C=O) groups is 2. The van der Waals surface area contributed by atoms with E-state index in [2.05, 4.69) is 45.1 Å². The maximum absolute atomic E-state index is 14.2. The number of carbonyl (C=O) groups excluding carboxylic acids is 2. The first-order valence-electron chi connectivity index (χ1n) is 14.7. The molecule has 0 aliphatic heterocycles. The van der Waals surface area contributed by atoms with E-state index >= 15 is 0 Å². The van der Waals surface area contributed by atoms with Crippen LogP contribution in [-0.4, -0.2) is 29.6 Å². The summed E-state index contributed by atoms with van der Waals surface area (Å²) in [6.07, 6.45) is 5.28. The van der Waals surface area contributed by atoms with Crippen LogP contribution in [0.1, 0.15) is 96.8 Å². The Labute approximate surface area is 228 Å². The summed E-state index contributed by atoms with van der Waals surface area (Å²) in [5, 5.41) is 6.32. The maximum Gasteiger partial charge on any atom is 0.405 e. The van der Waals surface area contributed by atoms with E-state index < -0.39 is 24.0 Å². The Hall–Kier alpha value is -2.12. The number of aromatic nitrogens is 1. The minimum absolute atomic E-state index is 0.0708. The molecule has 5 aliphatic rings. The molecule has 8 unspecified atom stereocenters. The molecule has 1 aromatic heterocycles. The average Bonchev–Trinajstić information content (AvgIpc) is 3.31. The SMILES string of the molecule is CC1c2oncc2CC2(C)C3=CC(=O)C4C(CCC5(C(=O)NCC(F)(F)F)CCC(C)(C)CC45)C3(C)CCC12. The molecule has 39 heavy (non-hydrogen) atoms. The van der Waals surface area contributed by atoms with E-state index in [1.807, 2.05) is 12.3 Å². The van der Waals surface area contributed by atoms with Crippen molar-refractivity contribution in [2.45, 2.75) is 98.1 Å². The fraction of sp³-hybridized carbons (Fsp3) is 0.774. The number of nitrogens with one attached hydrogen (secondary N) is 1. The molecule has 8 atom stereocenters. The van der Waals surface area contributed by atoms with Crippen LogP contribution in [-0.2, 0) is 16.0 Å². The molecule has 1 aromatic rings. The predicted octanol–water partition coefficient (Wildman–Crippen LogP) is 6.78. The third-order valence-electron chi connectivity index (χ3n) is 12.1. The Balaban J connectivity index is 1.40. The van der Waals surface area contributed by atoms with Crippen molar-refractivity contribution >= 4 is 11.7 Å². The van der Waals surface area contributed by atoms with E-state index in [0.717, 1.165) is 37.0 Å². The zero-order valence-electron chi connectivity index (χ0n) is 23.7. The number of halogens is 3. The molecule has 0 aromatic carbocycles. The molecule has 5 aliphatic carbocycles. The number of nitrogens with zero attached hydrogens (tertiary/aromatic N) is 1. The van der Waals surface area contributed by atoms with Gasteiger partial charge in [-0.2, -0.15) is 13.2 Å². The first-order chi connectivity index (χ1) is 18.1. The summed E-state index contributed by atoms with van der Waals surface area (Å²) in [5.41, 5.74) is 1.000. The monoisotopic (exact) mass is 546 g/mol. The Kier molecular flexibility index (Phi) is 5.86. The quantitative estimate of drug-likeness (QED) is 0.444. The van der Waals surface area contributed by atoms with Crippen LogP contribution in [0.2, 0.25) is 0 Å². The smallest absolute Gasteiger partial charge is 0.361 e. The first kappa shape index (κ1) is 27.1. The second kappa shape index (κ2) is 8.45. The Morgan fingerprint density at radius 2 is 1.77 bits per heavy atom. The van der Waals surface area contributed by atoms with Gasteiger partial charge in [0, 0.05) is 17.4 Å². The van der Waals surface area contributed by atoms with E-state index in [1.165, 1.54) is 5.57 Å². The molecule has 0 bridgehead atoms. The molecular weight excluding hydrogens is 505 g/mol. The van der Waals surface area contributed by atoms with Gasteiger partial charge in [-0.1, -0.05) is 45.3 Å². The van der Waals surface area contributed by atoms with Crippen molar-refractivity contribution < 1.29 is 27.3 Å². The highest BCUT2D eigenvalue weighted by molar-refractivity contribution is 5.96. The molecule has 3 saturated carbocycles. The van der Waals surface area contributed by atoms with Crippen molar-refractivity contribution in [3.8, 4) is 0 Å². The summed E-state index contributed by atoms with van der Waals surface area (Å²) >= 11 is 0. The molecule has 1 heterocycles. The van der Waals surface area contributed by atoms with Gasteiger partial charge in [-0.25, -0.2) is 0 Å². The molecule has 5 nitrogen and oxygen atoms in total. The fourth-order valence-corrected chi connectivity index (χ4v) is 10.3. The van der Waals surface area contributed by atoms with Crippen molar-refractivity contribution in [3.63, 3.8) is 0 Å². The second-order valence-corrected chi connectivity index (χ2v) is 14.7. The van der Waals surface area contributed by atoms with Crippen molar-refractivity contribution in [2.24, 2.45) is 45.3 Å². The molecule has 0 saturated heterocycles. The molecular formula is C31H41F3N2O3. The van der Waals surface area contributed by atoms with E-state index in [1.54, 1.807) is 0 Å². The minimum atomic E-state index is -4.46. The lowest BCUT2D eigenvalue weighted by molar-refractivity contribution is -0.166. The normalized spacial score (nSPS) is 42.7. The molecule has 6 rings (SSSR count). The molecule has 1 amide bonds. The van der Waals surface area contributed by atoms with Crippen molar-refractivity contribution in [3.05, 3.63) is 29.2 Å². The standard InChI is InChI=1S/C31H41F3N2O3/c1-17-19-6-8-28(4)20-7-9-30(26(38)35-16-31(32,33)34)11-10-27(2,3)14-21(30)24(20)22(37)12-23(28)29(19,5)13-18-15-36-39-25(17)18/h12,15,17,19-21,24H,6-11,13-14,16H2,1-5H3,(H,35,38). The maximum atomic E-state index is 14.2. The van der Waals surface area contributed by atoms with Crippen LogP contribution >= 0.6 is 0 Å². The highest BCUT2D eigenvalue weighted by Crippen LogP contribution is 2.70. The van der Waals surface area contributed by atoms with E-state index in [0.29, 0.717) is 31.6 Å². The number of alkyl halides is 3. The third kappa shape index (κ3) is 3.89. The van der Waals surface area contributed by atoms with E-state index in [-0.39, 0.29) is 45.7 Å². The van der Waals surface area contributed by atoms with E-state index in [9.17, 15) is 22.8 Å². The summed E-state index contributed by atoms with van der Waals surface area (Å²) in [5.74, 6) is 0.604. The first-order valence-corrected chi connectivity index (χ1v) is 14.7. The number of hydrogen-bond acceptors (Lipinski definition) is 4. The van der Waals surface area contributed by atoms with Gasteiger partial charge in [0.1, 0.15) is 12.3 Å². The van der Waals surface area contributed by atoms with Crippen LogP contribution in [0.25, 0.3) is 0 Å². The summed E-state index contributed by atoms with van der Waals surface area (Å²) in [4.78, 5) is 27.8. The molecule has 3 fully saturated rings. The number of hydrogen-bond donors (Lipinski definition) is 1. The molecule has 8 heteroatoms. The predicted molar refractivity (Wildman–Crippen MR) is 139 cm³/mol. The van der Waals surface area contributed by atoms with Gasteiger partial charge in [0.05, 0.1) is 11.6 Å². The van der Waals surface area contributed by atoms with Crippen molar-refractivity contribution in [1.29, 1.82) is 0 Å². The van der Waals surface area contributed by atoms with E-state index in [4.69, 9.17) is 4.52 Å². The van der Waals surface area contributed by atoms with Gasteiger partial charge in [0.2, 0.25) is 5.91 Å². The summed E-state index contributed by atoms with van der Waals surface area (Å²) in [6.45, 7) is 9.84. The van der Waals surface area contributed by atoms with Gasteiger partial charge in [-0.15, -0.1) is 0 Å². The van der Waals surface area contributed by atoms with Gasteiger partial charge in [0.25, 0.3) is 0 Å². The molecule has 0 spiro atoms. The van der Waals surface area contributed by atoms with Gasteiger partial charge < -0.3 is 9.84 Å². The summed E-state index contributed by atoms with van der Waals surface area (Å²) < 4.78 is 44.9. The minimum Gasteiger partial charge on any atom is -0.361 e. The third-order valence-corrected chi connectivity index (χ3v) is 12.1. The Morgan fingerprint density at radius 1 is 1.05 bits per heavy atom. The summed E-state index contributed by atoms with van der Waals surface area (Å²) in [7, 11) is 0. The molecule has 1 N–H and O–H groups in total. The number of ketones is 1. The van der Waals surface area contributed by atoms with Gasteiger partial charge in [0.15, 0.2) is 5.78 Å². The summed E-state index contributed by atoms with van der Waals surface area (Å²) in [6, 6.07) is 0. The lowest BCUT2D eigenvalue weighted by Crippen LogP contribution is -2.62. The highest BCUT2D eigenvalue weighted by Gasteiger charge is 2.66. The van der Waals surface area contributed by atoms with Gasteiger partial charge in [-0.05, 0) is 91.4 Å². The molecule has 214 valence electrons. The van der Waals surface area contributed by atoms with Crippen LogP contribution in [0.3, 0.4) is 0 Å². The van der Waals surface area contributed by atoms with Crippen molar-refractivity contribution in [1.82, 2.24) is 10.5 Å². The number of allylic oxidation sites excluding steroid dienone is 2. The van der Waals surface area contributed by atoms with Gasteiger partial charge >= 0.3 is 6.18 Å².